The van der Waals surface area contributed by atoms with Crippen LogP contribution in [0.1, 0.15) is 11.1 Å². The Morgan fingerprint density at radius 3 is 2.62 bits per heavy atom. The second-order valence-electron chi connectivity index (χ2n) is 6.48. The van der Waals surface area contributed by atoms with Gasteiger partial charge in [0, 0.05) is 19.1 Å². The van der Waals surface area contributed by atoms with Gasteiger partial charge in [0.05, 0.1) is 29.2 Å². The molecule has 1 aliphatic rings. The first kappa shape index (κ1) is 19.2. The van der Waals surface area contributed by atoms with E-state index in [9.17, 15) is 4.79 Å². The SMILES string of the molecule is O=C(Cc1ccccc1)NCC1CNC(Cc2ccc(Cl)c(Cl)c2)CO1. The number of carbonyl (C=O) groups excluding carboxylic acids is 1. The van der Waals surface area contributed by atoms with E-state index in [2.05, 4.69) is 10.6 Å². The second-order valence-corrected chi connectivity index (χ2v) is 7.29. The zero-order valence-corrected chi connectivity index (χ0v) is 15.9. The maximum atomic E-state index is 12.0. The van der Waals surface area contributed by atoms with Gasteiger partial charge in [0.2, 0.25) is 5.91 Å². The van der Waals surface area contributed by atoms with Crippen LogP contribution in [0, 0.1) is 0 Å². The number of benzene rings is 2. The maximum absolute atomic E-state index is 12.0. The molecule has 26 heavy (non-hydrogen) atoms. The first-order valence-electron chi connectivity index (χ1n) is 8.69. The van der Waals surface area contributed by atoms with Gasteiger partial charge in [-0.2, -0.15) is 0 Å². The highest BCUT2D eigenvalue weighted by Crippen LogP contribution is 2.23. The fraction of sp³-hybridized carbons (Fsp3) is 0.350. The van der Waals surface area contributed by atoms with E-state index >= 15 is 0 Å². The number of morpholine rings is 1. The molecule has 0 aliphatic carbocycles. The molecule has 3 rings (SSSR count). The van der Waals surface area contributed by atoms with Crippen LogP contribution < -0.4 is 10.6 Å². The summed E-state index contributed by atoms with van der Waals surface area (Å²) >= 11 is 12.0. The van der Waals surface area contributed by atoms with E-state index in [1.807, 2.05) is 48.5 Å². The molecule has 2 aromatic rings. The van der Waals surface area contributed by atoms with Gasteiger partial charge < -0.3 is 15.4 Å². The Labute approximate surface area is 163 Å². The van der Waals surface area contributed by atoms with Crippen LogP contribution in [0.2, 0.25) is 10.0 Å². The second kappa shape index (κ2) is 9.38. The number of ether oxygens (including phenoxy) is 1. The molecule has 0 bridgehead atoms. The Morgan fingerprint density at radius 2 is 1.92 bits per heavy atom. The zero-order valence-electron chi connectivity index (χ0n) is 14.4. The highest BCUT2D eigenvalue weighted by atomic mass is 35.5. The Morgan fingerprint density at radius 1 is 1.12 bits per heavy atom. The van der Waals surface area contributed by atoms with E-state index in [1.54, 1.807) is 0 Å². The lowest BCUT2D eigenvalue weighted by Crippen LogP contribution is -2.51. The summed E-state index contributed by atoms with van der Waals surface area (Å²) in [6, 6.07) is 15.6. The van der Waals surface area contributed by atoms with Crippen LogP contribution in [0.15, 0.2) is 48.5 Å². The van der Waals surface area contributed by atoms with Gasteiger partial charge in [-0.1, -0.05) is 59.6 Å². The van der Waals surface area contributed by atoms with Crippen molar-refractivity contribution in [1.82, 2.24) is 10.6 Å². The highest BCUT2D eigenvalue weighted by molar-refractivity contribution is 6.42. The summed E-state index contributed by atoms with van der Waals surface area (Å²) in [7, 11) is 0. The van der Waals surface area contributed by atoms with E-state index in [0.717, 1.165) is 17.5 Å². The van der Waals surface area contributed by atoms with Crippen molar-refractivity contribution in [2.45, 2.75) is 25.0 Å². The van der Waals surface area contributed by atoms with Crippen molar-refractivity contribution in [2.75, 3.05) is 19.7 Å². The van der Waals surface area contributed by atoms with Crippen molar-refractivity contribution in [3.8, 4) is 0 Å². The Bertz CT molecular complexity index is 732. The van der Waals surface area contributed by atoms with Gasteiger partial charge in [0.15, 0.2) is 0 Å². The van der Waals surface area contributed by atoms with Crippen LogP contribution in [0.5, 0.6) is 0 Å². The Balaban J connectivity index is 1.38. The first-order valence-corrected chi connectivity index (χ1v) is 9.45. The molecule has 1 fully saturated rings. The van der Waals surface area contributed by atoms with Gasteiger partial charge in [-0.05, 0) is 29.7 Å². The van der Waals surface area contributed by atoms with E-state index in [0.29, 0.717) is 36.2 Å². The summed E-state index contributed by atoms with van der Waals surface area (Å²) in [4.78, 5) is 12.0. The minimum atomic E-state index is -0.0141. The fourth-order valence-corrected chi connectivity index (χ4v) is 3.27. The Kier molecular flexibility index (Phi) is 6.92. The number of hydrogen-bond donors (Lipinski definition) is 2. The fourth-order valence-electron chi connectivity index (χ4n) is 2.95. The highest BCUT2D eigenvalue weighted by Gasteiger charge is 2.21. The van der Waals surface area contributed by atoms with Crippen molar-refractivity contribution in [3.05, 3.63) is 69.7 Å². The Hall–Kier alpha value is -1.59. The number of hydrogen-bond acceptors (Lipinski definition) is 3. The molecule has 1 aliphatic heterocycles. The number of halogens is 2. The van der Waals surface area contributed by atoms with Gasteiger partial charge in [0.1, 0.15) is 0 Å². The lowest BCUT2D eigenvalue weighted by molar-refractivity contribution is -0.121. The molecule has 0 spiro atoms. The van der Waals surface area contributed by atoms with E-state index in [-0.39, 0.29) is 18.1 Å². The topological polar surface area (TPSA) is 50.4 Å². The summed E-state index contributed by atoms with van der Waals surface area (Å²) < 4.78 is 5.88. The van der Waals surface area contributed by atoms with E-state index < -0.39 is 0 Å². The molecule has 1 saturated heterocycles. The van der Waals surface area contributed by atoms with Gasteiger partial charge in [0.25, 0.3) is 0 Å². The van der Waals surface area contributed by atoms with Crippen LogP contribution in [-0.4, -0.2) is 37.7 Å². The van der Waals surface area contributed by atoms with Crippen molar-refractivity contribution in [2.24, 2.45) is 0 Å². The van der Waals surface area contributed by atoms with Gasteiger partial charge in [-0.25, -0.2) is 0 Å². The number of nitrogens with one attached hydrogen (secondary N) is 2. The molecule has 0 radical (unpaired) electrons. The molecule has 138 valence electrons. The largest absolute Gasteiger partial charge is 0.373 e. The molecule has 1 heterocycles. The van der Waals surface area contributed by atoms with Crippen molar-refractivity contribution in [1.29, 1.82) is 0 Å². The number of carbonyl (C=O) groups is 1. The maximum Gasteiger partial charge on any atom is 0.224 e. The quantitative estimate of drug-likeness (QED) is 0.792. The predicted molar refractivity (Wildman–Crippen MR) is 105 cm³/mol. The first-order chi connectivity index (χ1) is 12.6. The smallest absolute Gasteiger partial charge is 0.224 e. The lowest BCUT2D eigenvalue weighted by atomic mass is 10.1. The number of amides is 1. The van der Waals surface area contributed by atoms with E-state index in [4.69, 9.17) is 27.9 Å². The van der Waals surface area contributed by atoms with Crippen LogP contribution in [0.25, 0.3) is 0 Å². The van der Waals surface area contributed by atoms with Crippen molar-refractivity contribution < 1.29 is 9.53 Å². The molecular formula is C20H22Cl2N2O2. The monoisotopic (exact) mass is 392 g/mol. The van der Waals surface area contributed by atoms with E-state index in [1.165, 1.54) is 0 Å². The molecular weight excluding hydrogens is 371 g/mol. The van der Waals surface area contributed by atoms with Crippen LogP contribution in [-0.2, 0) is 22.4 Å². The summed E-state index contributed by atoms with van der Waals surface area (Å²) in [6.07, 6.45) is 1.20. The zero-order chi connectivity index (χ0) is 18.4. The molecule has 4 nitrogen and oxygen atoms in total. The average molecular weight is 393 g/mol. The van der Waals surface area contributed by atoms with Gasteiger partial charge >= 0.3 is 0 Å². The number of rotatable bonds is 6. The molecule has 0 aromatic heterocycles. The molecule has 6 heteroatoms. The molecule has 0 saturated carbocycles. The third-order valence-corrected chi connectivity index (χ3v) is 5.11. The average Bonchev–Trinajstić information content (AvgIpc) is 2.65. The third kappa shape index (κ3) is 5.71. The standard InChI is InChI=1S/C20H22Cl2N2O2/c21-18-7-6-15(9-19(18)22)8-16-13-26-17(11-23-16)12-24-20(25)10-14-4-2-1-3-5-14/h1-7,9,16-17,23H,8,10-13H2,(H,24,25). The summed E-state index contributed by atoms with van der Waals surface area (Å²) in [5.41, 5.74) is 2.13. The normalized spacial score (nSPS) is 19.9. The van der Waals surface area contributed by atoms with Gasteiger partial charge in [-0.3, -0.25) is 4.79 Å². The predicted octanol–water partition coefficient (Wildman–Crippen LogP) is 3.25. The molecule has 1 amide bonds. The molecule has 2 unspecified atom stereocenters. The molecule has 2 N–H and O–H groups in total. The molecule has 2 atom stereocenters. The van der Waals surface area contributed by atoms with Gasteiger partial charge in [-0.15, -0.1) is 0 Å². The summed E-state index contributed by atoms with van der Waals surface area (Å²) in [5, 5.41) is 7.55. The van der Waals surface area contributed by atoms with Crippen molar-refractivity contribution >= 4 is 29.1 Å². The minimum absolute atomic E-state index is 0.0118. The third-order valence-electron chi connectivity index (χ3n) is 4.37. The summed E-state index contributed by atoms with van der Waals surface area (Å²) in [5.74, 6) is 0.0118. The van der Waals surface area contributed by atoms with Crippen LogP contribution in [0.3, 0.4) is 0 Å². The molecule has 2 aromatic carbocycles. The van der Waals surface area contributed by atoms with Crippen molar-refractivity contribution in [3.63, 3.8) is 0 Å². The lowest BCUT2D eigenvalue weighted by Gasteiger charge is -2.30. The summed E-state index contributed by atoms with van der Waals surface area (Å²) in [6.45, 7) is 1.81. The van der Waals surface area contributed by atoms with Crippen LogP contribution in [0.4, 0.5) is 0 Å². The van der Waals surface area contributed by atoms with Crippen LogP contribution >= 0.6 is 23.2 Å². The minimum Gasteiger partial charge on any atom is -0.373 e.